The predicted molar refractivity (Wildman–Crippen MR) is 153 cm³/mol. The number of benzene rings is 1. The summed E-state index contributed by atoms with van der Waals surface area (Å²) in [5, 5.41) is 13.4. The summed E-state index contributed by atoms with van der Waals surface area (Å²) in [5.74, 6) is 0.341. The summed E-state index contributed by atoms with van der Waals surface area (Å²) < 4.78 is 10.9. The van der Waals surface area contributed by atoms with E-state index >= 15 is 0 Å². The molecule has 1 atom stereocenters. The lowest BCUT2D eigenvalue weighted by Crippen LogP contribution is -2.55. The van der Waals surface area contributed by atoms with E-state index in [1.54, 1.807) is 6.92 Å². The molecule has 0 bridgehead atoms. The number of rotatable bonds is 11. The van der Waals surface area contributed by atoms with Gasteiger partial charge in [-0.2, -0.15) is 16.7 Å². The maximum absolute atomic E-state index is 13.5. The molecule has 2 fully saturated rings. The SMILES string of the molecule is CCOC(=O)ON1CCN(C(=O)[C@H](CCC(=O)O)NC(=O)c2cc(OC3CCSCC3)nc(-c3ccccc3)n2)CC1. The summed E-state index contributed by atoms with van der Waals surface area (Å²) in [6, 6.07) is 9.52. The molecule has 226 valence electrons. The Balaban J connectivity index is 1.49. The van der Waals surface area contributed by atoms with Gasteiger partial charge in [-0.25, -0.2) is 9.78 Å². The first-order chi connectivity index (χ1) is 20.3. The van der Waals surface area contributed by atoms with Crippen LogP contribution < -0.4 is 10.1 Å². The maximum Gasteiger partial charge on any atom is 0.527 e. The molecule has 0 unspecified atom stereocenters. The summed E-state index contributed by atoms with van der Waals surface area (Å²) in [4.78, 5) is 65.5. The third-order valence-corrected chi connectivity index (χ3v) is 7.74. The van der Waals surface area contributed by atoms with Crippen LogP contribution in [0.25, 0.3) is 11.4 Å². The molecule has 4 rings (SSSR count). The Morgan fingerprint density at radius 2 is 1.79 bits per heavy atom. The molecule has 13 nitrogen and oxygen atoms in total. The first-order valence-electron chi connectivity index (χ1n) is 13.9. The van der Waals surface area contributed by atoms with Crippen molar-refractivity contribution >= 4 is 35.7 Å². The van der Waals surface area contributed by atoms with Crippen molar-refractivity contribution in [3.8, 4) is 17.3 Å². The van der Waals surface area contributed by atoms with E-state index in [1.165, 1.54) is 16.0 Å². The quantitative estimate of drug-likeness (QED) is 0.363. The van der Waals surface area contributed by atoms with Crippen LogP contribution in [0.1, 0.15) is 43.1 Å². The van der Waals surface area contributed by atoms with Crippen molar-refractivity contribution in [1.29, 1.82) is 0 Å². The molecule has 1 aromatic heterocycles. The van der Waals surface area contributed by atoms with Crippen LogP contribution in [0.15, 0.2) is 36.4 Å². The second-order valence-corrected chi connectivity index (χ2v) is 10.9. The Bertz CT molecular complexity index is 1240. The van der Waals surface area contributed by atoms with Gasteiger partial charge >= 0.3 is 12.1 Å². The van der Waals surface area contributed by atoms with Crippen molar-refractivity contribution < 1.29 is 38.6 Å². The fourth-order valence-electron chi connectivity index (χ4n) is 4.51. The third-order valence-electron chi connectivity index (χ3n) is 6.69. The summed E-state index contributed by atoms with van der Waals surface area (Å²) in [6.07, 6.45) is 0.433. The Hall–Kier alpha value is -3.91. The number of aliphatic carboxylic acids is 1. The summed E-state index contributed by atoms with van der Waals surface area (Å²) >= 11 is 1.86. The molecule has 3 heterocycles. The number of carbonyl (C=O) groups is 4. The zero-order valence-electron chi connectivity index (χ0n) is 23.4. The van der Waals surface area contributed by atoms with E-state index in [9.17, 15) is 24.3 Å². The Morgan fingerprint density at radius 1 is 1.07 bits per heavy atom. The van der Waals surface area contributed by atoms with Crippen molar-refractivity contribution in [2.45, 2.75) is 44.8 Å². The van der Waals surface area contributed by atoms with Crippen molar-refractivity contribution in [2.75, 3.05) is 44.3 Å². The molecule has 1 aromatic carbocycles. The summed E-state index contributed by atoms with van der Waals surface area (Å²) in [7, 11) is 0. The zero-order chi connectivity index (χ0) is 29.9. The molecule has 0 saturated carbocycles. The predicted octanol–water partition coefficient (Wildman–Crippen LogP) is 2.61. The molecule has 42 heavy (non-hydrogen) atoms. The molecule has 2 aliphatic rings. The lowest BCUT2D eigenvalue weighted by Gasteiger charge is -2.35. The molecule has 2 saturated heterocycles. The number of hydrogen-bond donors (Lipinski definition) is 2. The number of ether oxygens (including phenoxy) is 2. The standard InChI is InChI=1S/C28H35N5O8S/c1-2-39-28(38)41-33-14-12-32(13-15-33)27(37)21(8-9-24(34)35)30-26(36)22-18-23(40-20-10-16-42-17-11-20)31-25(29-22)19-6-4-3-5-7-19/h3-7,18,20-21H,2,8-17H2,1H3,(H,30,36)(H,34,35)/t21-/m0/s1. The van der Waals surface area contributed by atoms with E-state index in [0.29, 0.717) is 11.4 Å². The van der Waals surface area contributed by atoms with Gasteiger partial charge in [0.25, 0.3) is 5.91 Å². The lowest BCUT2D eigenvalue weighted by molar-refractivity contribution is -0.157. The van der Waals surface area contributed by atoms with E-state index in [1.807, 2.05) is 42.1 Å². The molecule has 0 radical (unpaired) electrons. The van der Waals surface area contributed by atoms with Crippen LogP contribution in [-0.2, 0) is 19.2 Å². The Labute approximate surface area is 247 Å². The molecule has 2 aromatic rings. The summed E-state index contributed by atoms with van der Waals surface area (Å²) in [5.41, 5.74) is 0.697. The molecule has 0 aliphatic carbocycles. The van der Waals surface area contributed by atoms with Gasteiger partial charge in [-0.1, -0.05) is 30.3 Å². The number of piperazine rings is 1. The molecule has 2 amide bonds. The second-order valence-electron chi connectivity index (χ2n) is 9.70. The number of nitrogens with zero attached hydrogens (tertiary/aromatic N) is 4. The monoisotopic (exact) mass is 601 g/mol. The average Bonchev–Trinajstić information content (AvgIpc) is 3.00. The number of aromatic nitrogens is 2. The lowest BCUT2D eigenvalue weighted by atomic mass is 10.1. The normalized spacial score (nSPS) is 16.7. The number of hydroxylamine groups is 2. The van der Waals surface area contributed by atoms with E-state index in [2.05, 4.69) is 15.3 Å². The number of carboxylic acids is 1. The number of amides is 2. The molecule has 0 spiro atoms. The fourth-order valence-corrected chi connectivity index (χ4v) is 5.57. The van der Waals surface area contributed by atoms with Gasteiger partial charge in [0, 0.05) is 31.1 Å². The number of thioether (sulfide) groups is 1. The molecular formula is C28H35N5O8S. The van der Waals surface area contributed by atoms with Gasteiger partial charge in [-0.05, 0) is 37.7 Å². The van der Waals surface area contributed by atoms with E-state index < -0.39 is 30.0 Å². The maximum atomic E-state index is 13.5. The van der Waals surface area contributed by atoms with Crippen LogP contribution in [-0.4, -0.2) is 105 Å². The largest absolute Gasteiger partial charge is 0.527 e. The van der Waals surface area contributed by atoms with Gasteiger partial charge in [0.15, 0.2) is 5.82 Å². The van der Waals surface area contributed by atoms with Gasteiger partial charge < -0.3 is 29.6 Å². The van der Waals surface area contributed by atoms with Crippen molar-refractivity contribution in [1.82, 2.24) is 25.2 Å². The first kappa shape index (κ1) is 31.0. The summed E-state index contributed by atoms with van der Waals surface area (Å²) in [6.45, 7) is 2.72. The average molecular weight is 602 g/mol. The minimum atomic E-state index is -1.11. The highest BCUT2D eigenvalue weighted by molar-refractivity contribution is 7.99. The number of hydrogen-bond acceptors (Lipinski definition) is 11. The molecule has 14 heteroatoms. The van der Waals surface area contributed by atoms with Gasteiger partial charge in [0.2, 0.25) is 11.8 Å². The van der Waals surface area contributed by atoms with Crippen LogP contribution in [0, 0.1) is 0 Å². The third kappa shape index (κ3) is 9.05. The zero-order valence-corrected chi connectivity index (χ0v) is 24.2. The fraction of sp³-hybridized carbons (Fsp3) is 0.500. The molecule has 2 N–H and O–H groups in total. The van der Waals surface area contributed by atoms with E-state index in [-0.39, 0.29) is 63.3 Å². The van der Waals surface area contributed by atoms with Crippen LogP contribution in [0.5, 0.6) is 5.88 Å². The van der Waals surface area contributed by atoms with E-state index in [4.69, 9.17) is 14.3 Å². The Kier molecular flexibility index (Phi) is 11.3. The number of nitrogens with one attached hydrogen (secondary N) is 1. The van der Waals surface area contributed by atoms with Crippen LogP contribution in [0.3, 0.4) is 0 Å². The van der Waals surface area contributed by atoms with Crippen LogP contribution in [0.4, 0.5) is 4.79 Å². The number of carbonyl (C=O) groups excluding carboxylic acids is 3. The minimum absolute atomic E-state index is 0.00446. The Morgan fingerprint density at radius 3 is 2.45 bits per heavy atom. The molecule has 2 aliphatic heterocycles. The topological polar surface area (TPSA) is 160 Å². The first-order valence-corrected chi connectivity index (χ1v) is 15.1. The van der Waals surface area contributed by atoms with Gasteiger partial charge in [-0.15, -0.1) is 5.06 Å². The van der Waals surface area contributed by atoms with Crippen LogP contribution >= 0.6 is 11.8 Å². The highest BCUT2D eigenvalue weighted by Gasteiger charge is 2.31. The van der Waals surface area contributed by atoms with Crippen LogP contribution in [0.2, 0.25) is 0 Å². The number of carboxylic acid groups (broad SMARTS) is 1. The van der Waals surface area contributed by atoms with Gasteiger partial charge in [0.1, 0.15) is 17.8 Å². The second kappa shape index (κ2) is 15.4. The van der Waals surface area contributed by atoms with Crippen molar-refractivity contribution in [3.05, 3.63) is 42.1 Å². The molecular weight excluding hydrogens is 566 g/mol. The van der Waals surface area contributed by atoms with Crippen molar-refractivity contribution in [2.24, 2.45) is 0 Å². The minimum Gasteiger partial charge on any atom is -0.481 e. The smallest absolute Gasteiger partial charge is 0.481 e. The highest BCUT2D eigenvalue weighted by Crippen LogP contribution is 2.24. The van der Waals surface area contributed by atoms with Gasteiger partial charge in [0.05, 0.1) is 19.7 Å². The van der Waals surface area contributed by atoms with E-state index in [0.717, 1.165) is 24.3 Å². The van der Waals surface area contributed by atoms with Crippen molar-refractivity contribution in [3.63, 3.8) is 0 Å². The van der Waals surface area contributed by atoms with Gasteiger partial charge in [-0.3, -0.25) is 14.4 Å². The highest BCUT2D eigenvalue weighted by atomic mass is 32.2.